The highest BCUT2D eigenvalue weighted by Crippen LogP contribution is 2.19. The maximum atomic E-state index is 12.1. The van der Waals surface area contributed by atoms with Crippen molar-refractivity contribution < 1.29 is 9.53 Å². The van der Waals surface area contributed by atoms with Crippen molar-refractivity contribution in [1.82, 2.24) is 14.6 Å². The Hall–Kier alpha value is -0.980. The van der Waals surface area contributed by atoms with E-state index < -0.39 is 0 Å². The number of nitrogens with zero attached hydrogens (tertiary/aromatic N) is 2. The summed E-state index contributed by atoms with van der Waals surface area (Å²) in [6.07, 6.45) is 5.45. The molecule has 1 aromatic rings. The van der Waals surface area contributed by atoms with Crippen LogP contribution in [0, 0.1) is 0 Å². The van der Waals surface area contributed by atoms with E-state index in [0.29, 0.717) is 18.2 Å². The molecule has 3 heterocycles. The van der Waals surface area contributed by atoms with Gasteiger partial charge in [-0.15, -0.1) is 0 Å². The molecule has 0 radical (unpaired) electrons. The number of amides is 1. The maximum absolute atomic E-state index is 12.1. The van der Waals surface area contributed by atoms with Gasteiger partial charge in [-0.1, -0.05) is 6.42 Å². The Morgan fingerprint density at radius 2 is 2.21 bits per heavy atom. The van der Waals surface area contributed by atoms with E-state index in [1.807, 2.05) is 0 Å². The standard InChI is InChI=1S/C13H19N3O2S/c17-13(10-6-14-19-9-10)15-11-7-18-8-12(11)16-4-2-1-3-5-16/h6,9,11-12H,1-5,7-8H2,(H,15,17)/t11-,12-/m0/s1. The Morgan fingerprint density at radius 3 is 2.95 bits per heavy atom. The van der Waals surface area contributed by atoms with Crippen LogP contribution in [0.2, 0.25) is 0 Å². The molecule has 1 aromatic heterocycles. The number of piperidine rings is 1. The predicted octanol–water partition coefficient (Wildman–Crippen LogP) is 1.13. The lowest BCUT2D eigenvalue weighted by atomic mass is 10.0. The van der Waals surface area contributed by atoms with Crippen LogP contribution in [0.25, 0.3) is 0 Å². The highest BCUT2D eigenvalue weighted by molar-refractivity contribution is 7.03. The fourth-order valence-corrected chi connectivity index (χ4v) is 3.38. The van der Waals surface area contributed by atoms with Crippen LogP contribution < -0.4 is 5.32 Å². The van der Waals surface area contributed by atoms with Gasteiger partial charge in [0, 0.05) is 5.38 Å². The molecule has 0 aromatic carbocycles. The second-order valence-corrected chi connectivity index (χ2v) is 5.85. The molecule has 0 bridgehead atoms. The summed E-state index contributed by atoms with van der Waals surface area (Å²) in [4.78, 5) is 14.5. The van der Waals surface area contributed by atoms with Crippen LogP contribution in [0.15, 0.2) is 11.6 Å². The fraction of sp³-hybridized carbons (Fsp3) is 0.692. The van der Waals surface area contributed by atoms with Crippen molar-refractivity contribution in [1.29, 1.82) is 0 Å². The molecule has 3 rings (SSSR count). The van der Waals surface area contributed by atoms with Gasteiger partial charge in [0.15, 0.2) is 0 Å². The molecule has 2 aliphatic rings. The SMILES string of the molecule is O=C(N[C@H]1COC[C@@H]1N1CCCCC1)c1cnsc1. The van der Waals surface area contributed by atoms with E-state index in [0.717, 1.165) is 19.7 Å². The Bertz CT molecular complexity index is 418. The van der Waals surface area contributed by atoms with Crippen molar-refractivity contribution >= 4 is 17.4 Å². The lowest BCUT2D eigenvalue weighted by molar-refractivity contribution is 0.0900. The van der Waals surface area contributed by atoms with Crippen LogP contribution in [0.1, 0.15) is 29.6 Å². The number of ether oxygens (including phenoxy) is 1. The van der Waals surface area contributed by atoms with Gasteiger partial charge >= 0.3 is 0 Å². The van der Waals surface area contributed by atoms with Crippen LogP contribution >= 0.6 is 11.5 Å². The van der Waals surface area contributed by atoms with E-state index >= 15 is 0 Å². The Kier molecular flexibility index (Phi) is 4.10. The van der Waals surface area contributed by atoms with E-state index in [1.165, 1.54) is 30.8 Å². The van der Waals surface area contributed by atoms with Gasteiger partial charge in [-0.3, -0.25) is 9.69 Å². The third-order valence-electron chi connectivity index (χ3n) is 3.92. The first-order valence-electron chi connectivity index (χ1n) is 6.86. The highest BCUT2D eigenvalue weighted by atomic mass is 32.1. The molecule has 2 saturated heterocycles. The minimum Gasteiger partial charge on any atom is -0.378 e. The van der Waals surface area contributed by atoms with Gasteiger partial charge < -0.3 is 10.1 Å². The van der Waals surface area contributed by atoms with Gasteiger partial charge in [-0.05, 0) is 37.5 Å². The number of hydrogen-bond acceptors (Lipinski definition) is 5. The van der Waals surface area contributed by atoms with Crippen LogP contribution in [-0.2, 0) is 4.74 Å². The molecule has 2 aliphatic heterocycles. The molecule has 0 spiro atoms. The number of rotatable bonds is 3. The molecule has 6 heteroatoms. The zero-order chi connectivity index (χ0) is 13.1. The second kappa shape index (κ2) is 5.98. The first-order chi connectivity index (χ1) is 9.34. The van der Waals surface area contributed by atoms with Crippen LogP contribution in [0.3, 0.4) is 0 Å². The van der Waals surface area contributed by atoms with E-state index in [1.54, 1.807) is 11.6 Å². The number of aromatic nitrogens is 1. The fourth-order valence-electron chi connectivity index (χ4n) is 2.86. The summed E-state index contributed by atoms with van der Waals surface area (Å²) in [7, 11) is 0. The summed E-state index contributed by atoms with van der Waals surface area (Å²) in [5.74, 6) is -0.0359. The predicted molar refractivity (Wildman–Crippen MR) is 73.4 cm³/mol. The minimum absolute atomic E-state index is 0.0359. The summed E-state index contributed by atoms with van der Waals surface area (Å²) in [5.41, 5.74) is 0.647. The second-order valence-electron chi connectivity index (χ2n) is 5.19. The van der Waals surface area contributed by atoms with Crippen molar-refractivity contribution in [3.63, 3.8) is 0 Å². The van der Waals surface area contributed by atoms with E-state index in [4.69, 9.17) is 4.74 Å². The molecule has 2 fully saturated rings. The zero-order valence-corrected chi connectivity index (χ0v) is 11.7. The first-order valence-corrected chi connectivity index (χ1v) is 7.70. The summed E-state index contributed by atoms with van der Waals surface area (Å²) in [6, 6.07) is 0.432. The van der Waals surface area contributed by atoms with Gasteiger partial charge in [0.25, 0.3) is 5.91 Å². The van der Waals surface area contributed by atoms with Gasteiger partial charge in [-0.25, -0.2) is 4.37 Å². The summed E-state index contributed by atoms with van der Waals surface area (Å²) in [6.45, 7) is 3.60. The lowest BCUT2D eigenvalue weighted by Gasteiger charge is -2.34. The van der Waals surface area contributed by atoms with Crippen molar-refractivity contribution in [3.8, 4) is 0 Å². The number of nitrogens with one attached hydrogen (secondary N) is 1. The Labute approximate surface area is 117 Å². The monoisotopic (exact) mass is 281 g/mol. The van der Waals surface area contributed by atoms with Crippen molar-refractivity contribution in [2.24, 2.45) is 0 Å². The number of likely N-dealkylation sites (tertiary alicyclic amines) is 1. The summed E-state index contributed by atoms with van der Waals surface area (Å²) >= 11 is 1.30. The van der Waals surface area contributed by atoms with Gasteiger partial charge in [-0.2, -0.15) is 0 Å². The quantitative estimate of drug-likeness (QED) is 0.902. The topological polar surface area (TPSA) is 54.5 Å². The Morgan fingerprint density at radius 1 is 1.37 bits per heavy atom. The Balaban J connectivity index is 1.61. The average Bonchev–Trinajstić information content (AvgIpc) is 3.11. The highest BCUT2D eigenvalue weighted by Gasteiger charge is 2.34. The number of carbonyl (C=O) groups excluding carboxylic acids is 1. The number of carbonyl (C=O) groups is 1. The van der Waals surface area contributed by atoms with E-state index in [-0.39, 0.29) is 11.9 Å². The van der Waals surface area contributed by atoms with Crippen LogP contribution in [0.5, 0.6) is 0 Å². The van der Waals surface area contributed by atoms with E-state index in [9.17, 15) is 4.79 Å². The van der Waals surface area contributed by atoms with Crippen molar-refractivity contribution in [2.45, 2.75) is 31.3 Å². The molecule has 2 atom stereocenters. The molecule has 5 nitrogen and oxygen atoms in total. The van der Waals surface area contributed by atoms with Gasteiger partial charge in [0.05, 0.1) is 37.1 Å². The molecule has 0 unspecified atom stereocenters. The summed E-state index contributed by atoms with van der Waals surface area (Å²) < 4.78 is 9.54. The smallest absolute Gasteiger partial charge is 0.254 e. The third-order valence-corrected chi connectivity index (χ3v) is 4.51. The van der Waals surface area contributed by atoms with Gasteiger partial charge in [0.2, 0.25) is 0 Å². The molecule has 19 heavy (non-hydrogen) atoms. The molecular formula is C13H19N3O2S. The largest absolute Gasteiger partial charge is 0.378 e. The van der Waals surface area contributed by atoms with Gasteiger partial charge in [0.1, 0.15) is 0 Å². The number of hydrogen-bond donors (Lipinski definition) is 1. The normalized spacial score (nSPS) is 28.4. The molecule has 0 aliphatic carbocycles. The summed E-state index contributed by atoms with van der Waals surface area (Å²) in [5, 5.41) is 4.87. The molecule has 1 N–H and O–H groups in total. The van der Waals surface area contributed by atoms with Crippen molar-refractivity contribution in [3.05, 3.63) is 17.1 Å². The minimum atomic E-state index is -0.0359. The van der Waals surface area contributed by atoms with E-state index in [2.05, 4.69) is 14.6 Å². The molecular weight excluding hydrogens is 262 g/mol. The maximum Gasteiger partial charge on any atom is 0.254 e. The third kappa shape index (κ3) is 2.96. The van der Waals surface area contributed by atoms with Crippen LogP contribution in [-0.4, -0.2) is 53.6 Å². The first kappa shape index (κ1) is 13.0. The van der Waals surface area contributed by atoms with Crippen molar-refractivity contribution in [2.75, 3.05) is 26.3 Å². The lowest BCUT2D eigenvalue weighted by Crippen LogP contribution is -2.52. The average molecular weight is 281 g/mol. The molecule has 1 amide bonds. The molecule has 0 saturated carbocycles. The molecule has 104 valence electrons. The zero-order valence-electron chi connectivity index (χ0n) is 10.9. The van der Waals surface area contributed by atoms with Crippen LogP contribution in [0.4, 0.5) is 0 Å².